The molecule has 2 aliphatic heterocycles. The highest BCUT2D eigenvalue weighted by Gasteiger charge is 2.27. The molecule has 2 atom stereocenters. The number of nitrogens with one attached hydrogen (secondary N) is 1. The Balaban J connectivity index is 1.22. The summed E-state index contributed by atoms with van der Waals surface area (Å²) in [6, 6.07) is 15.5. The minimum absolute atomic E-state index is 0.147. The number of hydrogen-bond donors (Lipinski definition) is 1. The van der Waals surface area contributed by atoms with Crippen LogP contribution in [0.15, 0.2) is 61.2 Å². The molecule has 7 heteroatoms. The van der Waals surface area contributed by atoms with Crippen LogP contribution >= 0.6 is 0 Å². The van der Waals surface area contributed by atoms with Gasteiger partial charge in [-0.15, -0.1) is 0 Å². The number of ether oxygens (including phenoxy) is 3. The second kappa shape index (κ2) is 11.7. The molecule has 1 aromatic heterocycles. The molecule has 35 heavy (non-hydrogen) atoms. The van der Waals surface area contributed by atoms with Gasteiger partial charge >= 0.3 is 0 Å². The lowest BCUT2D eigenvalue weighted by Crippen LogP contribution is -2.41. The number of imidazole rings is 1. The largest absolute Gasteiger partial charge is 0.490 e. The fourth-order valence-corrected chi connectivity index (χ4v) is 5.09. The average Bonchev–Trinajstić information content (AvgIpc) is 3.41. The van der Waals surface area contributed by atoms with Crippen molar-refractivity contribution < 1.29 is 14.2 Å². The van der Waals surface area contributed by atoms with Crippen LogP contribution in [-0.2, 0) is 22.6 Å². The van der Waals surface area contributed by atoms with Gasteiger partial charge in [-0.25, -0.2) is 4.98 Å². The zero-order valence-corrected chi connectivity index (χ0v) is 20.6. The van der Waals surface area contributed by atoms with Gasteiger partial charge in [-0.05, 0) is 48.2 Å². The third-order valence-electron chi connectivity index (χ3n) is 6.98. The molecule has 3 heterocycles. The number of fused-ring (bicyclic) bond motifs is 1. The summed E-state index contributed by atoms with van der Waals surface area (Å²) in [6.45, 7) is 6.72. The Morgan fingerprint density at radius 1 is 1.14 bits per heavy atom. The maximum Gasteiger partial charge on any atom is 0.142 e. The fourth-order valence-electron chi connectivity index (χ4n) is 5.09. The number of hydrogen-bond acceptors (Lipinski definition) is 6. The molecule has 0 aliphatic carbocycles. The monoisotopic (exact) mass is 476 g/mol. The second-order valence-electron chi connectivity index (χ2n) is 9.41. The van der Waals surface area contributed by atoms with Crippen LogP contribution in [0.1, 0.15) is 35.4 Å². The predicted molar refractivity (Wildman–Crippen MR) is 137 cm³/mol. The molecule has 2 aromatic carbocycles. The molecule has 0 amide bonds. The van der Waals surface area contributed by atoms with Gasteiger partial charge in [0.05, 0.1) is 31.3 Å². The van der Waals surface area contributed by atoms with E-state index in [4.69, 9.17) is 14.2 Å². The van der Waals surface area contributed by atoms with Gasteiger partial charge in [-0.2, -0.15) is 0 Å². The first-order valence-corrected chi connectivity index (χ1v) is 12.7. The summed E-state index contributed by atoms with van der Waals surface area (Å²) in [5, 5.41) is 3.52. The number of aromatic nitrogens is 2. The first-order chi connectivity index (χ1) is 17.3. The molecule has 1 fully saturated rings. The summed E-state index contributed by atoms with van der Waals surface area (Å²) in [7, 11) is 1.76. The molecular formula is C28H36N4O3. The van der Waals surface area contributed by atoms with E-state index in [1.807, 2.05) is 18.7 Å². The predicted octanol–water partition coefficient (Wildman–Crippen LogP) is 3.83. The van der Waals surface area contributed by atoms with Crippen molar-refractivity contribution in [3.05, 3.63) is 77.9 Å². The molecule has 3 aromatic rings. The Kier molecular flexibility index (Phi) is 7.98. The Morgan fingerprint density at radius 3 is 2.86 bits per heavy atom. The summed E-state index contributed by atoms with van der Waals surface area (Å²) in [5.41, 5.74) is 4.99. The second-order valence-corrected chi connectivity index (χ2v) is 9.41. The molecule has 1 saturated heterocycles. The summed E-state index contributed by atoms with van der Waals surface area (Å²) in [4.78, 5) is 6.53. The van der Waals surface area contributed by atoms with Gasteiger partial charge in [0.25, 0.3) is 0 Å². The van der Waals surface area contributed by atoms with Crippen LogP contribution in [0.5, 0.6) is 5.75 Å². The summed E-state index contributed by atoms with van der Waals surface area (Å²) in [5.74, 6) is 1.36. The number of piperidine rings is 1. The van der Waals surface area contributed by atoms with Crippen LogP contribution in [0, 0.1) is 0 Å². The molecule has 2 unspecified atom stereocenters. The Morgan fingerprint density at radius 2 is 2.03 bits per heavy atom. The molecule has 0 saturated carbocycles. The number of anilines is 1. The van der Waals surface area contributed by atoms with E-state index in [1.54, 1.807) is 7.11 Å². The van der Waals surface area contributed by atoms with Crippen molar-refractivity contribution in [2.75, 3.05) is 51.4 Å². The van der Waals surface area contributed by atoms with Crippen molar-refractivity contribution in [1.82, 2.24) is 14.9 Å². The van der Waals surface area contributed by atoms with Crippen LogP contribution < -0.4 is 15.0 Å². The van der Waals surface area contributed by atoms with Crippen LogP contribution in [0.25, 0.3) is 0 Å². The zero-order chi connectivity index (χ0) is 23.9. The van der Waals surface area contributed by atoms with E-state index in [0.29, 0.717) is 12.5 Å². The third-order valence-corrected chi connectivity index (χ3v) is 6.98. The quantitative estimate of drug-likeness (QED) is 0.449. The van der Waals surface area contributed by atoms with E-state index < -0.39 is 0 Å². The number of benzene rings is 2. The maximum absolute atomic E-state index is 6.52. The highest BCUT2D eigenvalue weighted by Crippen LogP contribution is 2.34. The molecule has 5 rings (SSSR count). The normalized spacial score (nSPS) is 19.9. The summed E-state index contributed by atoms with van der Waals surface area (Å²) in [6.07, 6.45) is 7.91. The van der Waals surface area contributed by atoms with Gasteiger partial charge in [0.15, 0.2) is 0 Å². The summed E-state index contributed by atoms with van der Waals surface area (Å²) >= 11 is 0. The van der Waals surface area contributed by atoms with Crippen molar-refractivity contribution in [3.63, 3.8) is 0 Å². The average molecular weight is 477 g/mol. The van der Waals surface area contributed by atoms with E-state index in [0.717, 1.165) is 64.5 Å². The molecule has 1 N–H and O–H groups in total. The first kappa shape index (κ1) is 23.9. The highest BCUT2D eigenvalue weighted by molar-refractivity contribution is 5.61. The van der Waals surface area contributed by atoms with Crippen molar-refractivity contribution in [3.8, 4) is 5.75 Å². The maximum atomic E-state index is 6.52. The van der Waals surface area contributed by atoms with E-state index in [2.05, 4.69) is 62.2 Å². The summed E-state index contributed by atoms with van der Waals surface area (Å²) < 4.78 is 19.8. The van der Waals surface area contributed by atoms with Crippen LogP contribution in [-0.4, -0.2) is 62.2 Å². The topological polar surface area (TPSA) is 60.8 Å². The van der Waals surface area contributed by atoms with E-state index in [9.17, 15) is 0 Å². The molecule has 0 spiro atoms. The van der Waals surface area contributed by atoms with Crippen LogP contribution in [0.4, 0.5) is 5.69 Å². The number of nitrogens with zero attached hydrogens (tertiary/aromatic N) is 3. The van der Waals surface area contributed by atoms with Gasteiger partial charge < -0.3 is 29.0 Å². The van der Waals surface area contributed by atoms with Crippen LogP contribution in [0.3, 0.4) is 0 Å². The Bertz CT molecular complexity index is 1050. The smallest absolute Gasteiger partial charge is 0.142 e. The van der Waals surface area contributed by atoms with E-state index >= 15 is 0 Å². The SMILES string of the molecule is COCCCN1CCOc2ccc(COC3CNCCC3c3ccc(Cn4ccnc4)cc3)cc21. The zero-order valence-electron chi connectivity index (χ0n) is 20.6. The molecule has 0 bridgehead atoms. The van der Waals surface area contributed by atoms with Crippen molar-refractivity contribution >= 4 is 5.69 Å². The Labute approximate surface area is 208 Å². The lowest BCUT2D eigenvalue weighted by atomic mass is 9.87. The minimum atomic E-state index is 0.147. The van der Waals surface area contributed by atoms with E-state index in [-0.39, 0.29) is 6.10 Å². The fraction of sp³-hybridized carbons (Fsp3) is 0.464. The third kappa shape index (κ3) is 6.04. The lowest BCUT2D eigenvalue weighted by Gasteiger charge is -2.33. The van der Waals surface area contributed by atoms with Gasteiger partial charge in [0.2, 0.25) is 0 Å². The van der Waals surface area contributed by atoms with Crippen molar-refractivity contribution in [2.24, 2.45) is 0 Å². The molecule has 2 aliphatic rings. The van der Waals surface area contributed by atoms with Gasteiger partial charge in [0.1, 0.15) is 12.4 Å². The molecule has 186 valence electrons. The van der Waals surface area contributed by atoms with E-state index in [1.165, 1.54) is 22.4 Å². The van der Waals surface area contributed by atoms with Gasteiger partial charge in [0, 0.05) is 51.7 Å². The molecule has 0 radical (unpaired) electrons. The van der Waals surface area contributed by atoms with Gasteiger partial charge in [-0.3, -0.25) is 0 Å². The number of rotatable bonds is 10. The lowest BCUT2D eigenvalue weighted by molar-refractivity contribution is 0.0106. The van der Waals surface area contributed by atoms with Gasteiger partial charge in [-0.1, -0.05) is 30.3 Å². The number of methoxy groups -OCH3 is 1. The van der Waals surface area contributed by atoms with Crippen molar-refractivity contribution in [2.45, 2.75) is 38.0 Å². The first-order valence-electron chi connectivity index (χ1n) is 12.7. The van der Waals surface area contributed by atoms with Crippen molar-refractivity contribution in [1.29, 1.82) is 0 Å². The minimum Gasteiger partial charge on any atom is -0.490 e. The molecule has 7 nitrogen and oxygen atoms in total. The van der Waals surface area contributed by atoms with Crippen LogP contribution in [0.2, 0.25) is 0 Å². The highest BCUT2D eigenvalue weighted by atomic mass is 16.5. The Hall–Kier alpha value is -2.87. The standard InChI is InChI=1S/C28H36N4O3/c1-33-15-2-12-32-14-16-34-27-8-5-23(17-26(27)32)20-35-28-18-29-10-9-25(28)24-6-3-22(4-7-24)19-31-13-11-30-21-31/h3-8,11,13,17,21,25,28-29H,2,9-10,12,14-16,18-20H2,1H3. The molecular weight excluding hydrogens is 440 g/mol.